The van der Waals surface area contributed by atoms with Crippen molar-refractivity contribution in [2.24, 2.45) is 5.84 Å². The third-order valence-electron chi connectivity index (χ3n) is 2.17. The lowest BCUT2D eigenvalue weighted by atomic mass is 10.3. The van der Waals surface area contributed by atoms with E-state index in [-0.39, 0.29) is 0 Å². The first kappa shape index (κ1) is 12.0. The molecule has 7 heteroatoms. The molecule has 0 fully saturated rings. The Hall–Kier alpha value is -1.47. The molecule has 0 saturated carbocycles. The van der Waals surface area contributed by atoms with E-state index in [2.05, 4.69) is 43.3 Å². The first-order valence-electron chi connectivity index (χ1n) is 5.28. The lowest BCUT2D eigenvalue weighted by Gasteiger charge is -2.06. The fourth-order valence-corrected chi connectivity index (χ4v) is 1.72. The molecule has 0 radical (unpaired) electrons. The number of nitrogens with zero attached hydrogens (tertiary/aromatic N) is 4. The Bertz CT molecular complexity index is 509. The maximum atomic E-state index is 5.39. The highest BCUT2D eigenvalue weighted by atomic mass is 79.9. The predicted molar refractivity (Wildman–Crippen MR) is 68.7 cm³/mol. The lowest BCUT2D eigenvalue weighted by Crippen LogP contribution is -2.12. The van der Waals surface area contributed by atoms with Crippen LogP contribution in [0.25, 0.3) is 5.82 Å². The van der Waals surface area contributed by atoms with E-state index in [1.165, 1.54) is 0 Å². The number of halogens is 1. The van der Waals surface area contributed by atoms with E-state index in [0.717, 1.165) is 23.1 Å². The number of hydrazine groups is 1. The molecule has 0 aliphatic carbocycles. The fraction of sp³-hybridized carbons (Fsp3) is 0.300. The van der Waals surface area contributed by atoms with Gasteiger partial charge in [-0.25, -0.2) is 20.5 Å². The number of hydrogen-bond donors (Lipinski definition) is 2. The summed E-state index contributed by atoms with van der Waals surface area (Å²) in [6, 6.07) is 1.75. The molecule has 2 heterocycles. The Morgan fingerprint density at radius 3 is 2.88 bits per heavy atom. The van der Waals surface area contributed by atoms with Crippen molar-refractivity contribution < 1.29 is 0 Å². The molecule has 0 saturated heterocycles. The van der Waals surface area contributed by atoms with Gasteiger partial charge in [0.2, 0.25) is 0 Å². The van der Waals surface area contributed by atoms with Crippen LogP contribution in [0.15, 0.2) is 22.9 Å². The first-order valence-corrected chi connectivity index (χ1v) is 6.07. The Morgan fingerprint density at radius 2 is 2.29 bits per heavy atom. The van der Waals surface area contributed by atoms with Gasteiger partial charge in [0.1, 0.15) is 11.6 Å². The van der Waals surface area contributed by atoms with Crippen molar-refractivity contribution >= 4 is 21.7 Å². The highest BCUT2D eigenvalue weighted by Gasteiger charge is 2.06. The number of rotatable bonds is 4. The number of aryl methyl sites for hydroxylation is 1. The average Bonchev–Trinajstić information content (AvgIpc) is 2.76. The van der Waals surface area contributed by atoms with Crippen molar-refractivity contribution in [2.75, 3.05) is 5.43 Å². The van der Waals surface area contributed by atoms with Gasteiger partial charge < -0.3 is 5.43 Å². The minimum absolute atomic E-state index is 0.588. The lowest BCUT2D eigenvalue weighted by molar-refractivity contribution is 0.785. The molecule has 0 aliphatic rings. The molecule has 0 atom stereocenters. The minimum atomic E-state index is 0.588. The smallest absolute Gasteiger partial charge is 0.159 e. The van der Waals surface area contributed by atoms with E-state index in [1.807, 2.05) is 6.20 Å². The van der Waals surface area contributed by atoms with Crippen LogP contribution in [0.3, 0.4) is 0 Å². The zero-order chi connectivity index (χ0) is 12.3. The van der Waals surface area contributed by atoms with Crippen molar-refractivity contribution in [3.63, 3.8) is 0 Å². The van der Waals surface area contributed by atoms with Crippen molar-refractivity contribution in [3.8, 4) is 5.82 Å². The standard InChI is InChI=1S/C10H13BrN6/c1-2-3-8-14-9(16-12)4-10(15-8)17-6-7(11)5-13-17/h4-6H,2-3,12H2,1H3,(H,14,15,16). The van der Waals surface area contributed by atoms with Crippen molar-refractivity contribution in [2.45, 2.75) is 19.8 Å². The van der Waals surface area contributed by atoms with Crippen LogP contribution in [0, 0.1) is 0 Å². The van der Waals surface area contributed by atoms with Gasteiger partial charge in [-0.1, -0.05) is 6.92 Å². The number of nitrogen functional groups attached to an aromatic ring is 1. The molecule has 90 valence electrons. The largest absolute Gasteiger partial charge is 0.308 e. The molecule has 6 nitrogen and oxygen atoms in total. The van der Waals surface area contributed by atoms with Crippen LogP contribution in [-0.4, -0.2) is 19.7 Å². The zero-order valence-electron chi connectivity index (χ0n) is 9.39. The molecule has 0 aliphatic heterocycles. The molecule has 0 unspecified atom stereocenters. The molecule has 3 N–H and O–H groups in total. The highest BCUT2D eigenvalue weighted by molar-refractivity contribution is 9.10. The highest BCUT2D eigenvalue weighted by Crippen LogP contribution is 2.14. The van der Waals surface area contributed by atoms with Crippen LogP contribution in [0.5, 0.6) is 0 Å². The van der Waals surface area contributed by atoms with E-state index >= 15 is 0 Å². The second-order valence-electron chi connectivity index (χ2n) is 3.53. The Labute approximate surface area is 107 Å². The molecule has 0 amide bonds. The van der Waals surface area contributed by atoms with E-state index < -0.39 is 0 Å². The maximum absolute atomic E-state index is 5.39. The van der Waals surface area contributed by atoms with Crippen LogP contribution in [-0.2, 0) is 6.42 Å². The summed E-state index contributed by atoms with van der Waals surface area (Å²) < 4.78 is 2.57. The quantitative estimate of drug-likeness (QED) is 0.662. The zero-order valence-corrected chi connectivity index (χ0v) is 11.0. The number of nitrogens with two attached hydrogens (primary N) is 1. The summed E-state index contributed by atoms with van der Waals surface area (Å²) in [5.41, 5.74) is 2.54. The topological polar surface area (TPSA) is 81.6 Å². The van der Waals surface area contributed by atoms with Gasteiger partial charge >= 0.3 is 0 Å². The summed E-state index contributed by atoms with van der Waals surface area (Å²) in [7, 11) is 0. The Morgan fingerprint density at radius 1 is 1.47 bits per heavy atom. The summed E-state index contributed by atoms with van der Waals surface area (Å²) in [4.78, 5) is 8.70. The molecular formula is C10H13BrN6. The van der Waals surface area contributed by atoms with Crippen LogP contribution in [0.4, 0.5) is 5.82 Å². The average molecular weight is 297 g/mol. The van der Waals surface area contributed by atoms with Gasteiger partial charge in [0.05, 0.1) is 10.7 Å². The van der Waals surface area contributed by atoms with Gasteiger partial charge in [0.15, 0.2) is 5.82 Å². The predicted octanol–water partition coefficient (Wildman–Crippen LogP) is 1.66. The van der Waals surface area contributed by atoms with E-state index in [9.17, 15) is 0 Å². The van der Waals surface area contributed by atoms with Crippen molar-refractivity contribution in [1.82, 2.24) is 19.7 Å². The number of nitrogens with one attached hydrogen (secondary N) is 1. The third-order valence-corrected chi connectivity index (χ3v) is 2.58. The van der Waals surface area contributed by atoms with Gasteiger partial charge in [-0.05, 0) is 22.4 Å². The molecule has 2 aromatic heterocycles. The first-order chi connectivity index (χ1) is 8.22. The normalized spacial score (nSPS) is 10.5. The molecule has 2 aromatic rings. The number of aromatic nitrogens is 4. The summed E-state index contributed by atoms with van der Waals surface area (Å²) in [6.45, 7) is 2.08. The molecule has 0 bridgehead atoms. The van der Waals surface area contributed by atoms with Crippen LogP contribution < -0.4 is 11.3 Å². The molecule has 0 spiro atoms. The van der Waals surface area contributed by atoms with E-state index in [1.54, 1.807) is 16.9 Å². The summed E-state index contributed by atoms with van der Waals surface area (Å²) in [5.74, 6) is 7.43. The van der Waals surface area contributed by atoms with Crippen molar-refractivity contribution in [1.29, 1.82) is 0 Å². The van der Waals surface area contributed by atoms with Crippen molar-refractivity contribution in [3.05, 3.63) is 28.8 Å². The molecular weight excluding hydrogens is 284 g/mol. The van der Waals surface area contributed by atoms with E-state index in [4.69, 9.17) is 5.84 Å². The van der Waals surface area contributed by atoms with Crippen LogP contribution in [0.2, 0.25) is 0 Å². The molecule has 2 rings (SSSR count). The second-order valence-corrected chi connectivity index (χ2v) is 4.44. The summed E-state index contributed by atoms with van der Waals surface area (Å²) in [5, 5.41) is 4.17. The third kappa shape index (κ3) is 2.80. The monoisotopic (exact) mass is 296 g/mol. The van der Waals surface area contributed by atoms with Gasteiger partial charge in [-0.15, -0.1) is 0 Å². The molecule has 0 aromatic carbocycles. The van der Waals surface area contributed by atoms with Gasteiger partial charge in [-0.3, -0.25) is 0 Å². The van der Waals surface area contributed by atoms with Gasteiger partial charge in [-0.2, -0.15) is 5.10 Å². The Balaban J connectivity index is 2.42. The fourth-order valence-electron chi connectivity index (χ4n) is 1.44. The number of hydrogen-bond acceptors (Lipinski definition) is 5. The summed E-state index contributed by atoms with van der Waals surface area (Å²) in [6.07, 6.45) is 5.33. The maximum Gasteiger partial charge on any atom is 0.159 e. The Kier molecular flexibility index (Phi) is 3.70. The SMILES string of the molecule is CCCc1nc(NN)cc(-n2cc(Br)cn2)n1. The second kappa shape index (κ2) is 5.24. The van der Waals surface area contributed by atoms with Crippen LogP contribution in [0.1, 0.15) is 19.2 Å². The summed E-state index contributed by atoms with van der Waals surface area (Å²) >= 11 is 3.35. The molecule has 17 heavy (non-hydrogen) atoms. The van der Waals surface area contributed by atoms with Gasteiger partial charge in [0.25, 0.3) is 0 Å². The van der Waals surface area contributed by atoms with E-state index in [0.29, 0.717) is 11.6 Å². The minimum Gasteiger partial charge on any atom is -0.308 e. The number of anilines is 1. The van der Waals surface area contributed by atoms with Gasteiger partial charge in [0, 0.05) is 18.7 Å². The van der Waals surface area contributed by atoms with Crippen LogP contribution >= 0.6 is 15.9 Å².